The third-order valence-electron chi connectivity index (χ3n) is 10.8. The van der Waals surface area contributed by atoms with Gasteiger partial charge in [-0.05, 0) is 69.7 Å². The van der Waals surface area contributed by atoms with Crippen LogP contribution in [0, 0.1) is 23.1 Å². The third kappa shape index (κ3) is 7.71. The molecule has 0 radical (unpaired) electrons. The van der Waals surface area contributed by atoms with Crippen LogP contribution in [-0.4, -0.2) is 77.1 Å². The standard InChI is InChI=1S/C41H47FN4O8S2/c1-8-22-20-41(22,38(50)45-56(51,52)25-14-15-25)44-35(48)30-18-24(21-46(30)37(49)29(39(2,3)4)19-32(47)54-40(5,6)7)53-36-27-12-10-9-11-26(27)34-33(43-36)28-16-13-23(42)17-31(28)55-34/h8-13,16-17,22,24-25,29-30H,1,14-15,18-21H2,2-7H3,(H,44,48)(H,45,50)/t22-,24-,29-,30+,41-/m1/s1. The van der Waals surface area contributed by atoms with Crippen LogP contribution >= 0.6 is 11.3 Å². The van der Waals surface area contributed by atoms with Gasteiger partial charge in [-0.25, -0.2) is 17.8 Å². The van der Waals surface area contributed by atoms with Gasteiger partial charge in [-0.3, -0.25) is 23.9 Å². The number of hydrogen-bond acceptors (Lipinski definition) is 10. The number of nitrogens with zero attached hydrogens (tertiary/aromatic N) is 2. The van der Waals surface area contributed by atoms with Crippen molar-refractivity contribution >= 4 is 76.1 Å². The maximum atomic E-state index is 14.7. The molecule has 2 aliphatic carbocycles. The van der Waals surface area contributed by atoms with Gasteiger partial charge in [0.2, 0.25) is 27.7 Å². The molecule has 2 aromatic carbocycles. The van der Waals surface area contributed by atoms with Crippen LogP contribution in [0.2, 0.25) is 0 Å². The van der Waals surface area contributed by atoms with Crippen LogP contribution < -0.4 is 14.8 Å². The predicted octanol–water partition coefficient (Wildman–Crippen LogP) is 6.15. The molecular formula is C41H47FN4O8S2. The smallest absolute Gasteiger partial charge is 0.307 e. The number of amides is 3. The zero-order chi connectivity index (χ0) is 40.5. The maximum absolute atomic E-state index is 14.7. The molecule has 2 saturated carbocycles. The SMILES string of the molecule is C=C[C@@H]1C[C@]1(NC(=O)[C@@H]1C[C@@H](Oc2nc3c4ccc(F)cc4sc3c3ccccc23)CN1C(=O)[C@@H](CC(=O)OC(C)(C)C)C(C)(C)C)C(=O)NS(=O)(=O)C1CC1. The van der Waals surface area contributed by atoms with E-state index in [4.69, 9.17) is 14.5 Å². The number of carbonyl (C=O) groups excluding carboxylic acids is 4. The first-order valence-corrected chi connectivity index (χ1v) is 21.2. The zero-order valence-electron chi connectivity index (χ0n) is 32.3. The van der Waals surface area contributed by atoms with Crippen LogP contribution in [0.4, 0.5) is 4.39 Å². The number of pyridine rings is 1. The van der Waals surface area contributed by atoms with Crippen molar-refractivity contribution in [3.05, 3.63) is 60.9 Å². The van der Waals surface area contributed by atoms with Crippen molar-refractivity contribution in [1.29, 1.82) is 0 Å². The molecule has 0 spiro atoms. The van der Waals surface area contributed by atoms with E-state index in [-0.39, 0.29) is 37.5 Å². The second-order valence-electron chi connectivity index (χ2n) is 17.3. The van der Waals surface area contributed by atoms with Gasteiger partial charge in [-0.1, -0.05) is 45.0 Å². The lowest BCUT2D eigenvalue weighted by Crippen LogP contribution is -2.57. The van der Waals surface area contributed by atoms with E-state index in [0.717, 1.165) is 20.2 Å². The Kier molecular flexibility index (Phi) is 9.96. The number of rotatable bonds is 11. The largest absolute Gasteiger partial charge is 0.472 e. The molecule has 3 aliphatic rings. The first-order chi connectivity index (χ1) is 26.2. The van der Waals surface area contributed by atoms with Gasteiger partial charge in [0, 0.05) is 33.2 Å². The van der Waals surface area contributed by atoms with Crippen molar-refractivity contribution in [3.63, 3.8) is 0 Å². The fourth-order valence-corrected chi connectivity index (χ4v) is 10.1. The average molecular weight is 807 g/mol. The van der Waals surface area contributed by atoms with Gasteiger partial charge < -0.3 is 19.7 Å². The highest BCUT2D eigenvalue weighted by Gasteiger charge is 2.62. The van der Waals surface area contributed by atoms with Crippen LogP contribution in [0.15, 0.2) is 55.1 Å². The number of sulfonamides is 1. The number of hydrogen-bond donors (Lipinski definition) is 2. The van der Waals surface area contributed by atoms with Crippen LogP contribution in [0.25, 0.3) is 31.1 Å². The lowest BCUT2D eigenvalue weighted by atomic mass is 9.77. The molecule has 3 fully saturated rings. The molecule has 1 aliphatic heterocycles. The Balaban J connectivity index is 1.23. The van der Waals surface area contributed by atoms with E-state index in [0.29, 0.717) is 23.7 Å². The van der Waals surface area contributed by atoms with Gasteiger partial charge in [-0.15, -0.1) is 17.9 Å². The molecule has 4 aromatic rings. The number of likely N-dealkylation sites (tertiary alicyclic amines) is 1. The van der Waals surface area contributed by atoms with Crippen molar-refractivity contribution in [2.45, 2.75) is 102 Å². The number of ether oxygens (including phenoxy) is 2. The maximum Gasteiger partial charge on any atom is 0.307 e. The van der Waals surface area contributed by atoms with Gasteiger partial charge in [0.25, 0.3) is 5.91 Å². The quantitative estimate of drug-likeness (QED) is 0.134. The molecule has 0 unspecified atom stereocenters. The molecule has 2 aromatic heterocycles. The minimum atomic E-state index is -3.92. The highest BCUT2D eigenvalue weighted by atomic mass is 32.2. The Bertz CT molecular complexity index is 2400. The van der Waals surface area contributed by atoms with E-state index in [1.54, 1.807) is 26.8 Å². The average Bonchev–Trinajstić information content (AvgIpc) is 4.01. The Morgan fingerprint density at radius 1 is 1.07 bits per heavy atom. The molecule has 7 rings (SSSR count). The van der Waals surface area contributed by atoms with Gasteiger partial charge in [0.05, 0.1) is 34.4 Å². The summed E-state index contributed by atoms with van der Waals surface area (Å²) in [6, 6.07) is 10.9. The van der Waals surface area contributed by atoms with Crippen molar-refractivity contribution in [2.24, 2.45) is 17.3 Å². The van der Waals surface area contributed by atoms with E-state index in [9.17, 15) is 32.0 Å². The second kappa shape index (κ2) is 14.1. The first-order valence-electron chi connectivity index (χ1n) is 18.8. The van der Waals surface area contributed by atoms with Crippen molar-refractivity contribution in [2.75, 3.05) is 6.54 Å². The van der Waals surface area contributed by atoms with Crippen LogP contribution in [0.1, 0.15) is 73.6 Å². The predicted molar refractivity (Wildman–Crippen MR) is 212 cm³/mol. The normalized spacial score (nSPS) is 23.2. The number of nitrogens with one attached hydrogen (secondary N) is 2. The van der Waals surface area contributed by atoms with Crippen molar-refractivity contribution < 1.29 is 41.5 Å². The summed E-state index contributed by atoms with van der Waals surface area (Å²) in [4.78, 5) is 62.2. The number of thiophene rings is 1. The lowest BCUT2D eigenvalue weighted by Gasteiger charge is -2.35. The molecule has 2 N–H and O–H groups in total. The summed E-state index contributed by atoms with van der Waals surface area (Å²) in [7, 11) is -3.92. The molecule has 3 amide bonds. The highest BCUT2D eigenvalue weighted by molar-refractivity contribution is 7.91. The minimum absolute atomic E-state index is 0.00133. The van der Waals surface area contributed by atoms with E-state index in [2.05, 4.69) is 16.6 Å². The molecule has 56 heavy (non-hydrogen) atoms. The van der Waals surface area contributed by atoms with E-state index in [1.165, 1.54) is 34.4 Å². The topological polar surface area (TPSA) is 161 Å². The van der Waals surface area contributed by atoms with Crippen LogP contribution in [0.3, 0.4) is 0 Å². The molecule has 12 nitrogen and oxygen atoms in total. The molecule has 1 saturated heterocycles. The number of carbonyl (C=O) groups is 4. The van der Waals surface area contributed by atoms with E-state index < -0.39 is 79.5 Å². The monoisotopic (exact) mass is 806 g/mol. The number of aromatic nitrogens is 1. The molecule has 3 heterocycles. The third-order valence-corrected chi connectivity index (χ3v) is 13.7. The molecule has 0 bridgehead atoms. The molecule has 5 atom stereocenters. The fraction of sp³-hybridized carbons (Fsp3) is 0.488. The molecule has 298 valence electrons. The minimum Gasteiger partial charge on any atom is -0.472 e. The van der Waals surface area contributed by atoms with Gasteiger partial charge >= 0.3 is 5.97 Å². The van der Waals surface area contributed by atoms with Gasteiger partial charge in [0.1, 0.15) is 29.1 Å². The van der Waals surface area contributed by atoms with Crippen molar-refractivity contribution in [1.82, 2.24) is 19.9 Å². The summed E-state index contributed by atoms with van der Waals surface area (Å²) in [6.07, 6.45) is 1.52. The summed E-state index contributed by atoms with van der Waals surface area (Å²) >= 11 is 1.42. The van der Waals surface area contributed by atoms with Crippen molar-refractivity contribution in [3.8, 4) is 5.88 Å². The fourth-order valence-electron chi connectivity index (χ4n) is 7.54. The van der Waals surface area contributed by atoms with E-state index >= 15 is 0 Å². The van der Waals surface area contributed by atoms with Crippen LogP contribution in [-0.2, 0) is 33.9 Å². The summed E-state index contributed by atoms with van der Waals surface area (Å²) < 4.78 is 55.7. The zero-order valence-corrected chi connectivity index (χ0v) is 33.9. The number of esters is 1. The van der Waals surface area contributed by atoms with Gasteiger partial charge in [-0.2, -0.15) is 0 Å². The Morgan fingerprint density at radius 3 is 2.39 bits per heavy atom. The second-order valence-corrected chi connectivity index (χ2v) is 20.3. The number of benzene rings is 2. The summed E-state index contributed by atoms with van der Waals surface area (Å²) in [5.41, 5.74) is -2.47. The Morgan fingerprint density at radius 2 is 1.77 bits per heavy atom. The Hall–Kier alpha value is -4.63. The summed E-state index contributed by atoms with van der Waals surface area (Å²) in [5, 5.41) is 4.45. The molecular weight excluding hydrogens is 760 g/mol. The van der Waals surface area contributed by atoms with Crippen LogP contribution in [0.5, 0.6) is 5.88 Å². The Labute approximate surface area is 329 Å². The highest BCUT2D eigenvalue weighted by Crippen LogP contribution is 2.46. The summed E-state index contributed by atoms with van der Waals surface area (Å²) in [5.74, 6) is -4.09. The first kappa shape index (κ1) is 39.6. The number of fused-ring (bicyclic) bond motifs is 5. The molecule has 15 heteroatoms. The summed E-state index contributed by atoms with van der Waals surface area (Å²) in [6.45, 7) is 14.5. The lowest BCUT2D eigenvalue weighted by molar-refractivity contribution is -0.161. The van der Waals surface area contributed by atoms with Gasteiger partial charge in [0.15, 0.2) is 0 Å². The number of halogens is 1. The van der Waals surface area contributed by atoms with E-state index in [1.807, 2.05) is 45.0 Å².